The number of carbonyl (C=O) groups is 2. The van der Waals surface area contributed by atoms with Gasteiger partial charge in [0.05, 0.1) is 17.3 Å². The molecule has 1 heterocycles. The van der Waals surface area contributed by atoms with Gasteiger partial charge in [-0.05, 0) is 60.9 Å². The molecule has 0 atom stereocenters. The highest BCUT2D eigenvalue weighted by molar-refractivity contribution is 6.33. The topological polar surface area (TPSA) is 103 Å². The van der Waals surface area contributed by atoms with Crippen molar-refractivity contribution in [2.45, 2.75) is 26.4 Å². The van der Waals surface area contributed by atoms with Gasteiger partial charge in [0.15, 0.2) is 5.76 Å². The molecule has 3 aromatic carbocycles. The zero-order valence-electron chi connectivity index (χ0n) is 18.8. The predicted octanol–water partition coefficient (Wildman–Crippen LogP) is 6.20. The van der Waals surface area contributed by atoms with Gasteiger partial charge in [-0.15, -0.1) is 0 Å². The maximum Gasteiger partial charge on any atom is 0.231 e. The van der Waals surface area contributed by atoms with E-state index in [4.69, 9.17) is 16.0 Å². The Morgan fingerprint density at radius 1 is 1.03 bits per heavy atom. The van der Waals surface area contributed by atoms with Crippen LogP contribution in [0.2, 0.25) is 5.02 Å². The van der Waals surface area contributed by atoms with Gasteiger partial charge < -0.3 is 14.8 Å². The van der Waals surface area contributed by atoms with E-state index in [9.17, 15) is 20.0 Å². The van der Waals surface area contributed by atoms with Crippen LogP contribution >= 0.6 is 11.6 Å². The second-order valence-corrected chi connectivity index (χ2v) is 8.85. The van der Waals surface area contributed by atoms with E-state index in [0.717, 1.165) is 22.3 Å². The highest BCUT2D eigenvalue weighted by atomic mass is 35.5. The molecule has 0 aliphatic heterocycles. The van der Waals surface area contributed by atoms with Gasteiger partial charge >= 0.3 is 0 Å². The molecule has 170 valence electrons. The van der Waals surface area contributed by atoms with Gasteiger partial charge in [-0.1, -0.05) is 41.9 Å². The minimum Gasteiger partial charge on any atom is -0.451 e. The van der Waals surface area contributed by atoms with Crippen molar-refractivity contribution in [3.05, 3.63) is 77.0 Å². The SMILES string of the molecule is CC(=O)Nc1c(C(=O)C(C)(C)O)oc2cc(-c3ccccc3Cl)c(-c3ccc(C#N)cc3)cc12. The lowest BCUT2D eigenvalue weighted by atomic mass is 9.92. The summed E-state index contributed by atoms with van der Waals surface area (Å²) in [6.07, 6.45) is 0. The standard InChI is InChI=1S/C27H21ClN2O4/c1-15(31)30-24-21-12-19(17-10-8-16(14-29)9-11-17)20(18-6-4-5-7-22(18)28)13-23(21)34-25(24)26(32)27(2,3)33/h4-13,33H,1-3H3,(H,30,31). The third-order valence-electron chi connectivity index (χ3n) is 5.38. The third kappa shape index (κ3) is 4.32. The molecule has 7 heteroatoms. The Labute approximate surface area is 201 Å². The molecular weight excluding hydrogens is 452 g/mol. The number of benzene rings is 3. The van der Waals surface area contributed by atoms with Crippen LogP contribution in [0.15, 0.2) is 65.1 Å². The number of carbonyl (C=O) groups excluding carboxylic acids is 2. The van der Waals surface area contributed by atoms with Crippen molar-refractivity contribution in [3.8, 4) is 28.3 Å². The minimum atomic E-state index is -1.71. The van der Waals surface area contributed by atoms with Crippen LogP contribution < -0.4 is 5.32 Å². The third-order valence-corrected chi connectivity index (χ3v) is 5.71. The predicted molar refractivity (Wildman–Crippen MR) is 132 cm³/mol. The van der Waals surface area contributed by atoms with Gasteiger partial charge in [-0.3, -0.25) is 9.59 Å². The Kier molecular flexibility index (Phi) is 6.01. The van der Waals surface area contributed by atoms with Crippen LogP contribution in [0.1, 0.15) is 36.9 Å². The fraction of sp³-hybridized carbons (Fsp3) is 0.148. The van der Waals surface area contributed by atoms with Gasteiger partial charge in [0.2, 0.25) is 11.7 Å². The number of fused-ring (bicyclic) bond motifs is 1. The maximum atomic E-state index is 12.9. The zero-order valence-corrected chi connectivity index (χ0v) is 19.5. The summed E-state index contributed by atoms with van der Waals surface area (Å²) < 4.78 is 5.91. The number of hydrogen-bond donors (Lipinski definition) is 2. The van der Waals surface area contributed by atoms with Crippen LogP contribution in [-0.2, 0) is 4.79 Å². The van der Waals surface area contributed by atoms with E-state index >= 15 is 0 Å². The highest BCUT2D eigenvalue weighted by Gasteiger charge is 2.33. The van der Waals surface area contributed by atoms with Crippen molar-refractivity contribution in [1.82, 2.24) is 0 Å². The summed E-state index contributed by atoms with van der Waals surface area (Å²) in [5, 5.41) is 23.2. The number of furan rings is 1. The van der Waals surface area contributed by atoms with E-state index in [1.165, 1.54) is 20.8 Å². The fourth-order valence-corrected chi connectivity index (χ4v) is 3.98. The van der Waals surface area contributed by atoms with Crippen molar-refractivity contribution in [2.75, 3.05) is 5.32 Å². The van der Waals surface area contributed by atoms with E-state index in [1.54, 1.807) is 24.3 Å². The lowest BCUT2D eigenvalue weighted by Gasteiger charge is -2.14. The average molecular weight is 473 g/mol. The van der Waals surface area contributed by atoms with Crippen molar-refractivity contribution < 1.29 is 19.1 Å². The first kappa shape index (κ1) is 23.2. The van der Waals surface area contributed by atoms with Gasteiger partial charge in [0.25, 0.3) is 0 Å². The summed E-state index contributed by atoms with van der Waals surface area (Å²) in [7, 11) is 0. The molecule has 4 rings (SSSR count). The summed E-state index contributed by atoms with van der Waals surface area (Å²) in [6.45, 7) is 4.05. The van der Waals surface area contributed by atoms with Gasteiger partial charge in [0, 0.05) is 22.9 Å². The number of aliphatic hydroxyl groups is 1. The normalized spacial score (nSPS) is 11.3. The Balaban J connectivity index is 2.07. The first-order valence-electron chi connectivity index (χ1n) is 10.5. The van der Waals surface area contributed by atoms with E-state index in [0.29, 0.717) is 21.6 Å². The van der Waals surface area contributed by atoms with E-state index in [-0.39, 0.29) is 17.4 Å². The molecule has 0 bridgehead atoms. The van der Waals surface area contributed by atoms with E-state index in [2.05, 4.69) is 11.4 Å². The lowest BCUT2D eigenvalue weighted by molar-refractivity contribution is -0.114. The van der Waals surface area contributed by atoms with Crippen molar-refractivity contribution >= 4 is 39.9 Å². The van der Waals surface area contributed by atoms with Crippen molar-refractivity contribution in [2.24, 2.45) is 0 Å². The summed E-state index contributed by atoms with van der Waals surface area (Å²) >= 11 is 6.51. The minimum absolute atomic E-state index is 0.139. The molecule has 4 aromatic rings. The van der Waals surface area contributed by atoms with Crippen molar-refractivity contribution in [1.29, 1.82) is 5.26 Å². The molecule has 1 aromatic heterocycles. The number of anilines is 1. The molecule has 0 unspecified atom stereocenters. The first-order valence-corrected chi connectivity index (χ1v) is 10.9. The zero-order chi connectivity index (χ0) is 24.6. The molecule has 0 fully saturated rings. The maximum absolute atomic E-state index is 12.9. The smallest absolute Gasteiger partial charge is 0.231 e. The summed E-state index contributed by atoms with van der Waals surface area (Å²) in [5.41, 5.74) is 2.42. The van der Waals surface area contributed by atoms with Crippen LogP contribution in [-0.4, -0.2) is 22.4 Å². The number of nitriles is 1. The summed E-state index contributed by atoms with van der Waals surface area (Å²) in [5.74, 6) is -1.19. The van der Waals surface area contributed by atoms with Gasteiger partial charge in [-0.2, -0.15) is 5.26 Å². The Morgan fingerprint density at radius 2 is 1.71 bits per heavy atom. The number of amides is 1. The lowest BCUT2D eigenvalue weighted by Crippen LogP contribution is -2.31. The monoisotopic (exact) mass is 472 g/mol. The quantitative estimate of drug-likeness (QED) is 0.336. The van der Waals surface area contributed by atoms with Crippen LogP contribution in [0.5, 0.6) is 0 Å². The fourth-order valence-electron chi connectivity index (χ4n) is 3.75. The molecule has 0 saturated heterocycles. The number of hydrogen-bond acceptors (Lipinski definition) is 5. The molecule has 2 N–H and O–H groups in total. The number of Topliss-reactive ketones (excluding diaryl/α,β-unsaturated/α-hetero) is 1. The Morgan fingerprint density at radius 3 is 2.29 bits per heavy atom. The van der Waals surface area contributed by atoms with E-state index in [1.807, 2.05) is 36.4 Å². The second-order valence-electron chi connectivity index (χ2n) is 8.44. The average Bonchev–Trinajstić information content (AvgIpc) is 3.14. The van der Waals surface area contributed by atoms with Crippen LogP contribution in [0, 0.1) is 11.3 Å². The number of halogens is 1. The van der Waals surface area contributed by atoms with E-state index < -0.39 is 11.4 Å². The Bertz CT molecular complexity index is 1470. The molecule has 0 saturated carbocycles. The second kappa shape index (κ2) is 8.79. The summed E-state index contributed by atoms with van der Waals surface area (Å²) in [6, 6.07) is 20.1. The molecule has 34 heavy (non-hydrogen) atoms. The van der Waals surface area contributed by atoms with Crippen LogP contribution in [0.25, 0.3) is 33.2 Å². The molecule has 0 spiro atoms. The van der Waals surface area contributed by atoms with Crippen molar-refractivity contribution in [3.63, 3.8) is 0 Å². The molecular formula is C27H21ClN2O4. The molecule has 0 aliphatic carbocycles. The summed E-state index contributed by atoms with van der Waals surface area (Å²) in [4.78, 5) is 24.9. The van der Waals surface area contributed by atoms with Crippen LogP contribution in [0.4, 0.5) is 5.69 Å². The number of nitrogens with one attached hydrogen (secondary N) is 1. The molecule has 0 radical (unpaired) electrons. The number of ketones is 1. The largest absolute Gasteiger partial charge is 0.451 e. The number of nitrogens with zero attached hydrogens (tertiary/aromatic N) is 1. The molecule has 1 amide bonds. The molecule has 6 nitrogen and oxygen atoms in total. The molecule has 0 aliphatic rings. The Hall–Kier alpha value is -3.92. The van der Waals surface area contributed by atoms with Gasteiger partial charge in [0.1, 0.15) is 11.2 Å². The highest BCUT2D eigenvalue weighted by Crippen LogP contribution is 2.43. The van der Waals surface area contributed by atoms with Crippen LogP contribution in [0.3, 0.4) is 0 Å². The number of rotatable bonds is 5. The first-order chi connectivity index (χ1) is 16.1. The van der Waals surface area contributed by atoms with Gasteiger partial charge in [-0.25, -0.2) is 0 Å².